The third-order valence-corrected chi connectivity index (χ3v) is 1.74. The molecule has 16 heavy (non-hydrogen) atoms. The first kappa shape index (κ1) is 17.1. The number of nitrogens with zero attached hydrogens (tertiary/aromatic N) is 1. The van der Waals surface area contributed by atoms with E-state index in [-0.39, 0.29) is 10.7 Å². The van der Waals surface area contributed by atoms with E-state index in [0.717, 1.165) is 0 Å². The van der Waals surface area contributed by atoms with Crippen molar-refractivity contribution in [1.82, 2.24) is 0 Å². The lowest BCUT2D eigenvalue weighted by Gasteiger charge is -2.01. The van der Waals surface area contributed by atoms with Crippen LogP contribution in [-0.4, -0.2) is 12.0 Å². The second-order valence-corrected chi connectivity index (χ2v) is 2.43. The molecule has 5 heteroatoms. The smallest absolute Gasteiger partial charge is 0.291 e. The van der Waals surface area contributed by atoms with Crippen LogP contribution < -0.4 is 4.74 Å². The topological polar surface area (TPSA) is 52.4 Å². The fraction of sp³-hybridized carbons (Fsp3) is 0.455. The molecule has 0 aliphatic rings. The molecule has 92 valence electrons. The predicted octanol–water partition coefficient (Wildman–Crippen LogP) is 4.31. The van der Waals surface area contributed by atoms with Crippen LogP contribution in [0, 0.1) is 10.1 Å². The minimum absolute atomic E-state index is 0.0324. The maximum absolute atomic E-state index is 10.4. The summed E-state index contributed by atoms with van der Waals surface area (Å²) >= 11 is 5.64. The second-order valence-electron chi connectivity index (χ2n) is 2.05. The van der Waals surface area contributed by atoms with Gasteiger partial charge in [-0.15, -0.1) is 0 Å². The van der Waals surface area contributed by atoms with Gasteiger partial charge in [0.1, 0.15) is 5.75 Å². The van der Waals surface area contributed by atoms with Crippen molar-refractivity contribution in [3.05, 3.63) is 33.3 Å². The van der Waals surface area contributed by atoms with Crippen molar-refractivity contribution in [2.45, 2.75) is 27.7 Å². The number of nitro groups is 1. The quantitative estimate of drug-likeness (QED) is 0.578. The van der Waals surface area contributed by atoms with Crippen molar-refractivity contribution in [2.75, 3.05) is 7.11 Å². The Morgan fingerprint density at radius 1 is 1.25 bits per heavy atom. The van der Waals surface area contributed by atoms with Crippen molar-refractivity contribution in [2.24, 2.45) is 0 Å². The van der Waals surface area contributed by atoms with Gasteiger partial charge < -0.3 is 4.74 Å². The normalized spacial score (nSPS) is 7.88. The average molecular weight is 248 g/mol. The molecule has 4 nitrogen and oxygen atoms in total. The zero-order chi connectivity index (χ0) is 13.1. The lowest BCUT2D eigenvalue weighted by molar-refractivity contribution is -0.384. The van der Waals surface area contributed by atoms with E-state index < -0.39 is 4.92 Å². The third-order valence-electron chi connectivity index (χ3n) is 1.36. The van der Waals surface area contributed by atoms with E-state index in [1.54, 1.807) is 6.07 Å². The molecule has 0 amide bonds. The van der Waals surface area contributed by atoms with Crippen molar-refractivity contribution < 1.29 is 9.66 Å². The molecule has 0 aliphatic carbocycles. The van der Waals surface area contributed by atoms with E-state index in [9.17, 15) is 10.1 Å². The Labute approximate surface area is 101 Å². The number of methoxy groups -OCH3 is 1. The SMILES string of the molecule is CC.CC.COc1cccc([N+](=O)[O-])c1Cl. The van der Waals surface area contributed by atoms with Gasteiger partial charge in [-0.3, -0.25) is 10.1 Å². The maximum Gasteiger partial charge on any atom is 0.291 e. The molecule has 1 aromatic carbocycles. The fourth-order valence-electron chi connectivity index (χ4n) is 0.798. The molecular formula is C11H18ClNO3. The van der Waals surface area contributed by atoms with Crippen LogP contribution in [-0.2, 0) is 0 Å². The number of hydrogen-bond donors (Lipinski definition) is 0. The van der Waals surface area contributed by atoms with Gasteiger partial charge in [0.15, 0.2) is 5.02 Å². The number of halogens is 1. The lowest BCUT2D eigenvalue weighted by atomic mass is 10.3. The molecular weight excluding hydrogens is 230 g/mol. The Morgan fingerprint density at radius 2 is 1.75 bits per heavy atom. The largest absolute Gasteiger partial charge is 0.495 e. The summed E-state index contributed by atoms with van der Waals surface area (Å²) in [6, 6.07) is 4.41. The van der Waals surface area contributed by atoms with Crippen molar-refractivity contribution in [1.29, 1.82) is 0 Å². The maximum atomic E-state index is 10.4. The number of rotatable bonds is 2. The molecule has 1 aromatic rings. The Balaban J connectivity index is 0. The zero-order valence-corrected chi connectivity index (χ0v) is 11.0. The molecule has 1 rings (SSSR count). The predicted molar refractivity (Wildman–Crippen MR) is 67.4 cm³/mol. The van der Waals surface area contributed by atoms with Crippen LogP contribution in [0.15, 0.2) is 18.2 Å². The van der Waals surface area contributed by atoms with Crippen molar-refractivity contribution in [3.63, 3.8) is 0 Å². The van der Waals surface area contributed by atoms with Crippen LogP contribution in [0.5, 0.6) is 5.75 Å². The highest BCUT2D eigenvalue weighted by molar-refractivity contribution is 6.34. The summed E-state index contributed by atoms with van der Waals surface area (Å²) in [6.45, 7) is 8.00. The van der Waals surface area contributed by atoms with E-state index >= 15 is 0 Å². The molecule has 0 aromatic heterocycles. The minimum atomic E-state index is -0.551. The first-order valence-corrected chi connectivity index (χ1v) is 5.51. The van der Waals surface area contributed by atoms with Crippen molar-refractivity contribution >= 4 is 17.3 Å². The van der Waals surface area contributed by atoms with Crippen LogP contribution in [0.25, 0.3) is 0 Å². The molecule has 0 fully saturated rings. The van der Waals surface area contributed by atoms with Gasteiger partial charge in [-0.2, -0.15) is 0 Å². The first-order valence-electron chi connectivity index (χ1n) is 5.13. The average Bonchev–Trinajstić information content (AvgIpc) is 2.34. The molecule has 0 radical (unpaired) electrons. The highest BCUT2D eigenvalue weighted by Gasteiger charge is 2.15. The van der Waals surface area contributed by atoms with Crippen LogP contribution >= 0.6 is 11.6 Å². The van der Waals surface area contributed by atoms with Gasteiger partial charge in [0.2, 0.25) is 0 Å². The first-order chi connectivity index (χ1) is 7.66. The third kappa shape index (κ3) is 4.98. The van der Waals surface area contributed by atoms with Gasteiger partial charge in [-0.1, -0.05) is 45.4 Å². The Kier molecular flexibility index (Phi) is 10.9. The highest BCUT2D eigenvalue weighted by Crippen LogP contribution is 2.32. The van der Waals surface area contributed by atoms with Crippen LogP contribution in [0.4, 0.5) is 5.69 Å². The minimum Gasteiger partial charge on any atom is -0.495 e. The molecule has 0 heterocycles. The number of nitro benzene ring substituents is 1. The Hall–Kier alpha value is -1.29. The lowest BCUT2D eigenvalue weighted by Crippen LogP contribution is -1.91. The van der Waals surface area contributed by atoms with E-state index in [4.69, 9.17) is 16.3 Å². The Morgan fingerprint density at radius 3 is 2.12 bits per heavy atom. The summed E-state index contributed by atoms with van der Waals surface area (Å²) in [5.74, 6) is 0.311. The van der Waals surface area contributed by atoms with Gasteiger partial charge in [0.25, 0.3) is 5.69 Å². The second kappa shape index (κ2) is 10.2. The summed E-state index contributed by atoms with van der Waals surface area (Å²) in [5, 5.41) is 10.4. The molecule has 0 spiro atoms. The Bertz CT molecular complexity index is 316. The van der Waals surface area contributed by atoms with Crippen LogP contribution in [0.2, 0.25) is 5.02 Å². The van der Waals surface area contributed by atoms with Gasteiger partial charge >= 0.3 is 0 Å². The van der Waals surface area contributed by atoms with Crippen molar-refractivity contribution in [3.8, 4) is 5.75 Å². The molecule has 0 bridgehead atoms. The molecule has 0 unspecified atom stereocenters. The molecule has 0 atom stereocenters. The number of ether oxygens (including phenoxy) is 1. The molecule has 0 N–H and O–H groups in total. The van der Waals surface area contributed by atoms with Gasteiger partial charge in [-0.25, -0.2) is 0 Å². The van der Waals surface area contributed by atoms with Gasteiger partial charge in [0.05, 0.1) is 12.0 Å². The van der Waals surface area contributed by atoms with E-state index in [1.165, 1.54) is 19.2 Å². The zero-order valence-electron chi connectivity index (χ0n) is 10.3. The van der Waals surface area contributed by atoms with Crippen LogP contribution in [0.1, 0.15) is 27.7 Å². The molecule has 0 saturated heterocycles. The summed E-state index contributed by atoms with van der Waals surface area (Å²) in [4.78, 5) is 9.80. The number of benzene rings is 1. The van der Waals surface area contributed by atoms with E-state index in [1.807, 2.05) is 27.7 Å². The summed E-state index contributed by atoms with van der Waals surface area (Å²) in [7, 11) is 1.41. The molecule has 0 saturated carbocycles. The van der Waals surface area contributed by atoms with Gasteiger partial charge in [-0.05, 0) is 6.07 Å². The standard InChI is InChI=1S/C7H6ClNO3.2C2H6/c1-12-6-4-2-3-5(7(6)8)9(10)11;2*1-2/h2-4H,1H3;2*1-2H3. The summed E-state index contributed by atoms with van der Waals surface area (Å²) in [6.07, 6.45) is 0. The van der Waals surface area contributed by atoms with E-state index in [2.05, 4.69) is 0 Å². The van der Waals surface area contributed by atoms with E-state index in [0.29, 0.717) is 5.75 Å². The molecule has 0 aliphatic heterocycles. The summed E-state index contributed by atoms with van der Waals surface area (Å²) in [5.41, 5.74) is -0.143. The number of hydrogen-bond acceptors (Lipinski definition) is 3. The highest BCUT2D eigenvalue weighted by atomic mass is 35.5. The van der Waals surface area contributed by atoms with Gasteiger partial charge in [0, 0.05) is 6.07 Å². The summed E-state index contributed by atoms with van der Waals surface area (Å²) < 4.78 is 4.80. The monoisotopic (exact) mass is 247 g/mol. The van der Waals surface area contributed by atoms with Crippen LogP contribution in [0.3, 0.4) is 0 Å². The fourth-order valence-corrected chi connectivity index (χ4v) is 1.07.